The average molecular weight is 450 g/mol. The van der Waals surface area contributed by atoms with E-state index in [0.29, 0.717) is 40.9 Å². The van der Waals surface area contributed by atoms with Crippen molar-refractivity contribution in [3.05, 3.63) is 124 Å². The molecule has 2 aromatic heterocycles. The van der Waals surface area contributed by atoms with Gasteiger partial charge < -0.3 is 14.3 Å². The maximum Gasteiger partial charge on any atom is 0.255 e. The molecule has 0 saturated heterocycles. The van der Waals surface area contributed by atoms with Gasteiger partial charge in [-0.3, -0.25) is 9.59 Å². The van der Waals surface area contributed by atoms with Crippen molar-refractivity contribution in [1.29, 1.82) is 0 Å². The highest BCUT2D eigenvalue weighted by molar-refractivity contribution is 6.05. The molecule has 5 rings (SSSR count). The number of nitrogens with zero attached hydrogens (tertiary/aromatic N) is 2. The fraction of sp³-hybridized carbons (Fsp3) is 0.107. The van der Waals surface area contributed by atoms with Crippen molar-refractivity contribution >= 4 is 16.9 Å². The van der Waals surface area contributed by atoms with Crippen LogP contribution >= 0.6 is 0 Å². The molecular weight excluding hydrogens is 426 g/mol. The van der Waals surface area contributed by atoms with Gasteiger partial charge in [-0.1, -0.05) is 60.7 Å². The van der Waals surface area contributed by atoms with Crippen molar-refractivity contribution < 1.29 is 9.21 Å². The summed E-state index contributed by atoms with van der Waals surface area (Å²) in [7, 11) is 0. The lowest BCUT2D eigenvalue weighted by Crippen LogP contribution is -2.24. The van der Waals surface area contributed by atoms with Crippen LogP contribution in [0.3, 0.4) is 0 Å². The minimum atomic E-state index is -0.297. The topological polar surface area (TPSA) is 77.1 Å². The highest BCUT2D eigenvalue weighted by atomic mass is 16.3. The fourth-order valence-electron chi connectivity index (χ4n) is 4.09. The number of aromatic nitrogens is 2. The van der Waals surface area contributed by atoms with Crippen molar-refractivity contribution in [2.75, 3.05) is 0 Å². The van der Waals surface area contributed by atoms with E-state index in [4.69, 9.17) is 4.42 Å². The maximum absolute atomic E-state index is 13.2. The van der Waals surface area contributed by atoms with Crippen molar-refractivity contribution in [1.82, 2.24) is 14.9 Å². The highest BCUT2D eigenvalue weighted by Crippen LogP contribution is 2.27. The van der Waals surface area contributed by atoms with Crippen molar-refractivity contribution in [3.8, 4) is 11.3 Å². The molecule has 0 radical (unpaired) electrons. The first-order valence-electron chi connectivity index (χ1n) is 11.0. The number of imidazole rings is 1. The van der Waals surface area contributed by atoms with Crippen LogP contribution in [0.1, 0.15) is 27.0 Å². The first kappa shape index (κ1) is 21.4. The van der Waals surface area contributed by atoms with E-state index in [-0.39, 0.29) is 11.3 Å². The Morgan fingerprint density at radius 2 is 1.74 bits per heavy atom. The van der Waals surface area contributed by atoms with Crippen molar-refractivity contribution in [2.45, 2.75) is 20.0 Å². The molecule has 6 heteroatoms. The Morgan fingerprint density at radius 1 is 0.971 bits per heavy atom. The Balaban J connectivity index is 1.47. The second kappa shape index (κ2) is 9.19. The SMILES string of the molecule is Cc1c(-c2ccccc2)oc2c(C(=O)NCc3ccccc3Cn3ccnc3)cccc2c1=O. The first-order valence-corrected chi connectivity index (χ1v) is 11.0. The number of carbonyl (C=O) groups excluding carboxylic acids is 1. The van der Waals surface area contributed by atoms with Crippen LogP contribution in [0.5, 0.6) is 0 Å². The van der Waals surface area contributed by atoms with Crippen LogP contribution < -0.4 is 10.7 Å². The molecule has 1 amide bonds. The Morgan fingerprint density at radius 3 is 2.50 bits per heavy atom. The van der Waals surface area contributed by atoms with E-state index in [2.05, 4.69) is 10.3 Å². The molecule has 0 aliphatic heterocycles. The van der Waals surface area contributed by atoms with Gasteiger partial charge in [0.2, 0.25) is 0 Å². The third kappa shape index (κ3) is 4.13. The molecule has 3 aromatic carbocycles. The monoisotopic (exact) mass is 449 g/mol. The van der Waals surface area contributed by atoms with E-state index in [1.807, 2.05) is 65.4 Å². The molecule has 0 spiro atoms. The number of hydrogen-bond donors (Lipinski definition) is 1. The second-order valence-corrected chi connectivity index (χ2v) is 8.12. The van der Waals surface area contributed by atoms with Gasteiger partial charge in [-0.25, -0.2) is 4.98 Å². The Kier molecular flexibility index (Phi) is 5.79. The molecule has 5 aromatic rings. The number of rotatable bonds is 6. The van der Waals surface area contributed by atoms with Crippen molar-refractivity contribution in [3.63, 3.8) is 0 Å². The summed E-state index contributed by atoms with van der Waals surface area (Å²) in [4.78, 5) is 30.4. The summed E-state index contributed by atoms with van der Waals surface area (Å²) in [5, 5.41) is 3.39. The minimum absolute atomic E-state index is 0.138. The molecule has 168 valence electrons. The fourth-order valence-corrected chi connectivity index (χ4v) is 4.09. The molecule has 0 aliphatic carbocycles. The molecule has 0 saturated carbocycles. The molecule has 6 nitrogen and oxygen atoms in total. The standard InChI is InChI=1S/C28H23N3O3/c1-19-25(32)23-12-7-13-24(27(23)34-26(19)20-8-3-2-4-9-20)28(33)30-16-21-10-5-6-11-22(21)17-31-15-14-29-18-31/h2-15,18H,16-17H2,1H3,(H,30,33). The lowest BCUT2D eigenvalue weighted by molar-refractivity contribution is 0.0951. The van der Waals surface area contributed by atoms with Gasteiger partial charge in [0, 0.05) is 36.6 Å². The minimum Gasteiger partial charge on any atom is -0.455 e. The number of hydrogen-bond acceptors (Lipinski definition) is 4. The van der Waals surface area contributed by atoms with Crippen LogP contribution in [0.4, 0.5) is 0 Å². The third-order valence-corrected chi connectivity index (χ3v) is 5.90. The summed E-state index contributed by atoms with van der Waals surface area (Å²) in [5.74, 6) is 0.179. The van der Waals surface area contributed by atoms with Crippen LogP contribution in [0.2, 0.25) is 0 Å². The van der Waals surface area contributed by atoms with Gasteiger partial charge in [-0.2, -0.15) is 0 Å². The van der Waals surface area contributed by atoms with Gasteiger partial charge >= 0.3 is 0 Å². The van der Waals surface area contributed by atoms with E-state index >= 15 is 0 Å². The first-order chi connectivity index (χ1) is 16.6. The average Bonchev–Trinajstić information content (AvgIpc) is 3.39. The highest BCUT2D eigenvalue weighted by Gasteiger charge is 2.18. The van der Waals surface area contributed by atoms with Crippen LogP contribution in [0.25, 0.3) is 22.3 Å². The summed E-state index contributed by atoms with van der Waals surface area (Å²) >= 11 is 0. The summed E-state index contributed by atoms with van der Waals surface area (Å²) in [6.07, 6.45) is 5.41. The Hall–Kier alpha value is -4.45. The molecule has 1 N–H and O–H groups in total. The summed E-state index contributed by atoms with van der Waals surface area (Å²) in [5.41, 5.74) is 3.90. The van der Waals surface area contributed by atoms with Gasteiger partial charge in [0.15, 0.2) is 11.0 Å². The zero-order valence-electron chi connectivity index (χ0n) is 18.7. The van der Waals surface area contributed by atoms with Crippen LogP contribution in [-0.4, -0.2) is 15.5 Å². The lowest BCUT2D eigenvalue weighted by Gasteiger charge is -2.13. The van der Waals surface area contributed by atoms with Crippen molar-refractivity contribution in [2.24, 2.45) is 0 Å². The summed E-state index contributed by atoms with van der Waals surface area (Å²) in [6, 6.07) is 22.5. The van der Waals surface area contributed by atoms with Gasteiger partial charge in [-0.15, -0.1) is 0 Å². The third-order valence-electron chi connectivity index (χ3n) is 5.90. The Bertz CT molecular complexity index is 1520. The lowest BCUT2D eigenvalue weighted by atomic mass is 10.0. The van der Waals surface area contributed by atoms with Gasteiger partial charge in [0.1, 0.15) is 5.76 Å². The molecule has 2 heterocycles. The molecule has 0 unspecified atom stereocenters. The number of amides is 1. The zero-order chi connectivity index (χ0) is 23.5. The van der Waals surface area contributed by atoms with E-state index < -0.39 is 0 Å². The molecule has 0 atom stereocenters. The molecule has 34 heavy (non-hydrogen) atoms. The Labute approximate surface area is 196 Å². The van der Waals surface area contributed by atoms with Crippen LogP contribution in [0.15, 0.2) is 101 Å². The van der Waals surface area contributed by atoms with E-state index in [0.717, 1.165) is 16.7 Å². The molecule has 0 bridgehead atoms. The number of nitrogens with one attached hydrogen (secondary N) is 1. The molecule has 0 aliphatic rings. The predicted octanol–water partition coefficient (Wildman–Crippen LogP) is 4.94. The number of fused-ring (bicyclic) bond motifs is 1. The number of para-hydroxylation sites is 1. The number of carbonyl (C=O) groups is 1. The molecular formula is C28H23N3O3. The smallest absolute Gasteiger partial charge is 0.255 e. The normalized spacial score (nSPS) is 11.0. The van der Waals surface area contributed by atoms with Gasteiger partial charge in [0.25, 0.3) is 5.91 Å². The van der Waals surface area contributed by atoms with E-state index in [1.165, 1.54) is 0 Å². The second-order valence-electron chi connectivity index (χ2n) is 8.12. The summed E-state index contributed by atoms with van der Waals surface area (Å²) in [6.45, 7) is 2.76. The van der Waals surface area contributed by atoms with E-state index in [1.54, 1.807) is 37.6 Å². The van der Waals surface area contributed by atoms with E-state index in [9.17, 15) is 9.59 Å². The summed E-state index contributed by atoms with van der Waals surface area (Å²) < 4.78 is 8.17. The van der Waals surface area contributed by atoms with Gasteiger partial charge in [0.05, 0.1) is 17.3 Å². The zero-order valence-corrected chi connectivity index (χ0v) is 18.7. The van der Waals surface area contributed by atoms with Crippen LogP contribution in [0, 0.1) is 6.92 Å². The number of benzene rings is 3. The largest absolute Gasteiger partial charge is 0.455 e. The maximum atomic E-state index is 13.2. The predicted molar refractivity (Wildman–Crippen MR) is 132 cm³/mol. The quantitative estimate of drug-likeness (QED) is 0.398. The molecule has 0 fully saturated rings. The van der Waals surface area contributed by atoms with Gasteiger partial charge in [-0.05, 0) is 30.2 Å². The van der Waals surface area contributed by atoms with Crippen LogP contribution in [-0.2, 0) is 13.1 Å².